The van der Waals surface area contributed by atoms with Crippen molar-refractivity contribution in [1.82, 2.24) is 0 Å². The molecule has 0 heterocycles. The predicted molar refractivity (Wildman–Crippen MR) is 45.9 cm³/mol. The molecule has 1 aliphatic carbocycles. The first-order chi connectivity index (χ1) is 4.74. The molecule has 58 valence electrons. The first-order valence-corrected chi connectivity index (χ1v) is 4.41. The molecule has 1 fully saturated rings. The first-order valence-electron chi connectivity index (χ1n) is 4.41. The zero-order valence-electron chi connectivity index (χ0n) is 7.19. The van der Waals surface area contributed by atoms with E-state index in [0.717, 1.165) is 11.8 Å². The van der Waals surface area contributed by atoms with E-state index in [1.165, 1.54) is 31.3 Å². The van der Waals surface area contributed by atoms with Crippen molar-refractivity contribution >= 4 is 0 Å². The first kappa shape index (κ1) is 7.84. The smallest absolute Gasteiger partial charge is 0.0203 e. The Balaban J connectivity index is 2.37. The van der Waals surface area contributed by atoms with E-state index >= 15 is 0 Å². The normalized spacial score (nSPS) is 32.6. The van der Waals surface area contributed by atoms with Crippen LogP contribution >= 0.6 is 0 Å². The third-order valence-corrected chi connectivity index (χ3v) is 2.73. The molecular weight excluding hydrogens is 120 g/mol. The molecule has 0 spiro atoms. The van der Waals surface area contributed by atoms with E-state index < -0.39 is 0 Å². The monoisotopic (exact) mass is 138 g/mol. The van der Waals surface area contributed by atoms with Crippen LogP contribution < -0.4 is 0 Å². The Morgan fingerprint density at radius 1 is 1.50 bits per heavy atom. The van der Waals surface area contributed by atoms with E-state index in [4.69, 9.17) is 0 Å². The molecule has 1 aliphatic rings. The molecule has 0 bridgehead atoms. The van der Waals surface area contributed by atoms with Crippen LogP contribution in [-0.4, -0.2) is 0 Å². The van der Waals surface area contributed by atoms with Crippen LogP contribution in [0.3, 0.4) is 0 Å². The average molecular weight is 138 g/mol. The summed E-state index contributed by atoms with van der Waals surface area (Å²) in [6.07, 6.45) is 5.39. The van der Waals surface area contributed by atoms with E-state index in [2.05, 4.69) is 20.4 Å². The zero-order valence-corrected chi connectivity index (χ0v) is 7.19. The molecule has 2 unspecified atom stereocenters. The second-order valence-electron chi connectivity index (χ2n) is 3.63. The van der Waals surface area contributed by atoms with Crippen molar-refractivity contribution in [3.8, 4) is 0 Å². The van der Waals surface area contributed by atoms with Crippen molar-refractivity contribution in [1.29, 1.82) is 0 Å². The Labute approximate surface area is 64.3 Å². The van der Waals surface area contributed by atoms with Gasteiger partial charge in [0.1, 0.15) is 0 Å². The van der Waals surface area contributed by atoms with Gasteiger partial charge in [-0.25, -0.2) is 0 Å². The minimum atomic E-state index is 0.861. The predicted octanol–water partition coefficient (Wildman–Crippen LogP) is 3.39. The van der Waals surface area contributed by atoms with Gasteiger partial charge in [-0.3, -0.25) is 0 Å². The van der Waals surface area contributed by atoms with Crippen LogP contribution in [0.4, 0.5) is 0 Å². The molecule has 0 saturated heterocycles. The highest BCUT2D eigenvalue weighted by atomic mass is 14.3. The number of hydrogen-bond donors (Lipinski definition) is 0. The lowest BCUT2D eigenvalue weighted by molar-refractivity contribution is 0.564. The van der Waals surface area contributed by atoms with Crippen LogP contribution in [0, 0.1) is 11.8 Å². The van der Waals surface area contributed by atoms with Crippen LogP contribution in [0.5, 0.6) is 0 Å². The summed E-state index contributed by atoms with van der Waals surface area (Å²) >= 11 is 0. The Morgan fingerprint density at radius 3 is 2.60 bits per heavy atom. The summed E-state index contributed by atoms with van der Waals surface area (Å²) in [7, 11) is 0. The van der Waals surface area contributed by atoms with Gasteiger partial charge in [-0.2, -0.15) is 0 Å². The van der Waals surface area contributed by atoms with Crippen molar-refractivity contribution in [3.63, 3.8) is 0 Å². The Bertz CT molecular complexity index is 124. The van der Waals surface area contributed by atoms with Gasteiger partial charge in [-0.05, 0) is 31.1 Å². The van der Waals surface area contributed by atoms with Gasteiger partial charge in [-0.15, -0.1) is 0 Å². The average Bonchev–Trinajstić information content (AvgIpc) is 2.34. The maximum Gasteiger partial charge on any atom is -0.0203 e. The minimum Gasteiger partial charge on any atom is -0.0996 e. The quantitative estimate of drug-likeness (QED) is 0.513. The molecule has 0 radical (unpaired) electrons. The maximum absolute atomic E-state index is 4.09. The number of allylic oxidation sites excluding steroid dienone is 1. The lowest BCUT2D eigenvalue weighted by Crippen LogP contribution is -1.96. The second-order valence-corrected chi connectivity index (χ2v) is 3.63. The molecule has 0 aliphatic heterocycles. The number of rotatable bonds is 2. The largest absolute Gasteiger partial charge is 0.0996 e. The van der Waals surface area contributed by atoms with Crippen molar-refractivity contribution in [2.24, 2.45) is 11.8 Å². The fourth-order valence-electron chi connectivity index (χ4n) is 1.87. The standard InChI is InChI=1S/C10H18/c1-4-9(3)10-6-5-8(2)7-10/h8,10H,3-7H2,1-2H3. The van der Waals surface area contributed by atoms with Crippen molar-refractivity contribution in [3.05, 3.63) is 12.2 Å². The SMILES string of the molecule is C=C(CC)C1CCC(C)C1. The molecule has 1 saturated carbocycles. The van der Waals surface area contributed by atoms with Gasteiger partial charge in [-0.1, -0.05) is 32.4 Å². The second kappa shape index (κ2) is 3.23. The summed E-state index contributed by atoms with van der Waals surface area (Å²) in [6.45, 7) is 8.65. The summed E-state index contributed by atoms with van der Waals surface area (Å²) < 4.78 is 0. The third-order valence-electron chi connectivity index (χ3n) is 2.73. The summed E-state index contributed by atoms with van der Waals surface area (Å²) in [5.41, 5.74) is 1.48. The Kier molecular flexibility index (Phi) is 2.53. The van der Waals surface area contributed by atoms with Crippen molar-refractivity contribution in [2.75, 3.05) is 0 Å². The number of hydrogen-bond acceptors (Lipinski definition) is 0. The van der Waals surface area contributed by atoms with Crippen LogP contribution in [0.1, 0.15) is 39.5 Å². The van der Waals surface area contributed by atoms with Gasteiger partial charge < -0.3 is 0 Å². The van der Waals surface area contributed by atoms with Gasteiger partial charge >= 0.3 is 0 Å². The van der Waals surface area contributed by atoms with E-state index in [9.17, 15) is 0 Å². The van der Waals surface area contributed by atoms with Crippen LogP contribution in [-0.2, 0) is 0 Å². The Morgan fingerprint density at radius 2 is 2.20 bits per heavy atom. The zero-order chi connectivity index (χ0) is 7.56. The highest BCUT2D eigenvalue weighted by molar-refractivity contribution is 5.02. The molecule has 0 N–H and O–H groups in total. The maximum atomic E-state index is 4.09. The fraction of sp³-hybridized carbons (Fsp3) is 0.800. The molecule has 0 amide bonds. The summed E-state index contributed by atoms with van der Waals surface area (Å²) in [5.74, 6) is 1.81. The lowest BCUT2D eigenvalue weighted by atomic mass is 9.96. The van der Waals surface area contributed by atoms with Gasteiger partial charge in [0, 0.05) is 0 Å². The van der Waals surface area contributed by atoms with E-state index in [1.807, 2.05) is 0 Å². The highest BCUT2D eigenvalue weighted by Crippen LogP contribution is 2.35. The molecule has 1 rings (SSSR count). The summed E-state index contributed by atoms with van der Waals surface area (Å²) in [4.78, 5) is 0. The van der Waals surface area contributed by atoms with Gasteiger partial charge in [0.15, 0.2) is 0 Å². The third kappa shape index (κ3) is 1.62. The van der Waals surface area contributed by atoms with Gasteiger partial charge in [0.05, 0.1) is 0 Å². The molecule has 10 heavy (non-hydrogen) atoms. The van der Waals surface area contributed by atoms with Gasteiger partial charge in [0.25, 0.3) is 0 Å². The Hall–Kier alpha value is -0.260. The van der Waals surface area contributed by atoms with Crippen LogP contribution in [0.15, 0.2) is 12.2 Å². The molecule has 0 aromatic heterocycles. The topological polar surface area (TPSA) is 0 Å². The van der Waals surface area contributed by atoms with Crippen LogP contribution in [0.25, 0.3) is 0 Å². The van der Waals surface area contributed by atoms with Crippen molar-refractivity contribution < 1.29 is 0 Å². The molecule has 0 aromatic carbocycles. The summed E-state index contributed by atoms with van der Waals surface area (Å²) in [5, 5.41) is 0. The molecule has 2 atom stereocenters. The molecule has 0 nitrogen and oxygen atoms in total. The summed E-state index contributed by atoms with van der Waals surface area (Å²) in [6, 6.07) is 0. The molecular formula is C10H18. The van der Waals surface area contributed by atoms with Gasteiger partial charge in [0.2, 0.25) is 0 Å². The highest BCUT2D eigenvalue weighted by Gasteiger charge is 2.22. The minimum absolute atomic E-state index is 0.861. The molecule has 0 aromatic rings. The van der Waals surface area contributed by atoms with E-state index in [-0.39, 0.29) is 0 Å². The fourth-order valence-corrected chi connectivity index (χ4v) is 1.87. The van der Waals surface area contributed by atoms with E-state index in [0.29, 0.717) is 0 Å². The van der Waals surface area contributed by atoms with E-state index in [1.54, 1.807) is 0 Å². The van der Waals surface area contributed by atoms with Crippen molar-refractivity contribution in [2.45, 2.75) is 39.5 Å². The lowest BCUT2D eigenvalue weighted by Gasteiger charge is -2.10. The van der Waals surface area contributed by atoms with Crippen LogP contribution in [0.2, 0.25) is 0 Å². The molecule has 0 heteroatoms.